The smallest absolute Gasteiger partial charge is 0.271 e. The number of methoxy groups -OCH3 is 1. The van der Waals surface area contributed by atoms with Crippen LogP contribution in [0, 0.1) is 39.0 Å². The molecule has 0 saturated heterocycles. The van der Waals surface area contributed by atoms with Crippen molar-refractivity contribution < 1.29 is 19.1 Å². The molecule has 0 fully saturated rings. The summed E-state index contributed by atoms with van der Waals surface area (Å²) in [6.45, 7) is 7.64. The van der Waals surface area contributed by atoms with Gasteiger partial charge in [-0.2, -0.15) is 5.26 Å². The first-order chi connectivity index (χ1) is 14.2. The van der Waals surface area contributed by atoms with Gasteiger partial charge in [-0.15, -0.1) is 0 Å². The van der Waals surface area contributed by atoms with Gasteiger partial charge in [0.1, 0.15) is 17.2 Å². The van der Waals surface area contributed by atoms with Crippen molar-refractivity contribution >= 4 is 16.8 Å². The number of ether oxygens (including phenoxy) is 1. The fourth-order valence-corrected chi connectivity index (χ4v) is 3.92. The Kier molecular flexibility index (Phi) is 5.81. The van der Waals surface area contributed by atoms with Gasteiger partial charge in [0.25, 0.3) is 5.56 Å². The van der Waals surface area contributed by atoms with Crippen LogP contribution < -0.4 is 5.56 Å². The highest BCUT2D eigenvalue weighted by atomic mass is 16.5. The number of benzene rings is 1. The third-order valence-corrected chi connectivity index (χ3v) is 5.33. The van der Waals surface area contributed by atoms with E-state index < -0.39 is 17.2 Å². The van der Waals surface area contributed by atoms with Crippen molar-refractivity contribution in [1.29, 1.82) is 5.26 Å². The van der Waals surface area contributed by atoms with Crippen molar-refractivity contribution in [2.75, 3.05) is 13.7 Å². The van der Waals surface area contributed by atoms with Gasteiger partial charge in [0.2, 0.25) is 11.7 Å². The number of carbonyl (C=O) groups excluding carboxylic acids is 1. The van der Waals surface area contributed by atoms with Gasteiger partial charge in [-0.05, 0) is 56.9 Å². The maximum atomic E-state index is 13.4. The number of nitrogens with zero attached hydrogens (tertiary/aromatic N) is 2. The van der Waals surface area contributed by atoms with E-state index in [2.05, 4.69) is 0 Å². The minimum atomic E-state index is -0.632. The molecule has 0 aliphatic heterocycles. The molecule has 0 atom stereocenters. The van der Waals surface area contributed by atoms with Gasteiger partial charge >= 0.3 is 0 Å². The van der Waals surface area contributed by atoms with Crippen LogP contribution in [0.2, 0.25) is 0 Å². The van der Waals surface area contributed by atoms with Gasteiger partial charge < -0.3 is 14.3 Å². The number of furan rings is 1. The standard InChI is InChI=1S/C23H24N2O5/c1-12-9-13(2)18-15(4)21(30-17(18)10-12)20(26)19-14(3)16(11-24)22(27)25(23(19)28)7-6-8-29-5/h9-10,28H,6-8H2,1-5H3. The summed E-state index contributed by atoms with van der Waals surface area (Å²) in [5.74, 6) is -0.943. The summed E-state index contributed by atoms with van der Waals surface area (Å²) in [5, 5.41) is 21.2. The van der Waals surface area contributed by atoms with Crippen LogP contribution in [0.5, 0.6) is 5.88 Å². The second-order valence-electron chi connectivity index (χ2n) is 7.45. The number of aryl methyl sites for hydroxylation is 3. The van der Waals surface area contributed by atoms with Gasteiger partial charge in [0, 0.05) is 31.2 Å². The molecule has 0 aliphatic carbocycles. The molecule has 0 saturated carbocycles. The maximum absolute atomic E-state index is 13.4. The number of ketones is 1. The van der Waals surface area contributed by atoms with Crippen LogP contribution >= 0.6 is 0 Å². The van der Waals surface area contributed by atoms with Crippen molar-refractivity contribution in [2.24, 2.45) is 0 Å². The van der Waals surface area contributed by atoms with E-state index in [0.717, 1.165) is 21.1 Å². The van der Waals surface area contributed by atoms with E-state index in [1.807, 2.05) is 32.0 Å². The highest BCUT2D eigenvalue weighted by Crippen LogP contribution is 2.33. The zero-order chi connectivity index (χ0) is 22.2. The van der Waals surface area contributed by atoms with Gasteiger partial charge in [-0.25, -0.2) is 0 Å². The Morgan fingerprint density at radius 2 is 1.93 bits per heavy atom. The summed E-state index contributed by atoms with van der Waals surface area (Å²) >= 11 is 0. The summed E-state index contributed by atoms with van der Waals surface area (Å²) < 4.78 is 11.9. The van der Waals surface area contributed by atoms with Crippen LogP contribution in [-0.4, -0.2) is 29.2 Å². The Hall–Kier alpha value is -3.37. The minimum absolute atomic E-state index is 0.0862. The van der Waals surface area contributed by atoms with Gasteiger partial charge in [-0.1, -0.05) is 6.07 Å². The number of rotatable bonds is 6. The highest BCUT2D eigenvalue weighted by Gasteiger charge is 2.29. The normalized spacial score (nSPS) is 11.1. The van der Waals surface area contributed by atoms with E-state index in [9.17, 15) is 20.0 Å². The number of hydrogen-bond acceptors (Lipinski definition) is 6. The molecule has 1 N–H and O–H groups in total. The molecule has 30 heavy (non-hydrogen) atoms. The molecule has 7 heteroatoms. The number of pyridine rings is 1. The zero-order valence-corrected chi connectivity index (χ0v) is 17.8. The largest absolute Gasteiger partial charge is 0.494 e. The van der Waals surface area contributed by atoms with E-state index in [-0.39, 0.29) is 29.0 Å². The van der Waals surface area contributed by atoms with Crippen molar-refractivity contribution in [1.82, 2.24) is 4.57 Å². The topological polar surface area (TPSA) is 105 Å². The first kappa shape index (κ1) is 21.3. The molecule has 1 aromatic carbocycles. The first-order valence-electron chi connectivity index (χ1n) is 9.63. The Labute approximate surface area is 174 Å². The van der Waals surface area contributed by atoms with Crippen LogP contribution in [0.25, 0.3) is 11.0 Å². The molecule has 0 aliphatic rings. The van der Waals surface area contributed by atoms with E-state index >= 15 is 0 Å². The Morgan fingerprint density at radius 1 is 1.23 bits per heavy atom. The van der Waals surface area contributed by atoms with Crippen molar-refractivity contribution in [3.8, 4) is 11.9 Å². The van der Waals surface area contributed by atoms with E-state index in [4.69, 9.17) is 9.15 Å². The number of nitriles is 1. The molecule has 3 aromatic rings. The van der Waals surface area contributed by atoms with Crippen molar-refractivity contribution in [3.05, 3.63) is 61.6 Å². The zero-order valence-electron chi connectivity index (χ0n) is 17.8. The summed E-state index contributed by atoms with van der Waals surface area (Å²) in [6, 6.07) is 5.73. The van der Waals surface area contributed by atoms with E-state index in [1.54, 1.807) is 6.92 Å². The molecule has 156 valence electrons. The molecule has 7 nitrogen and oxygen atoms in total. The van der Waals surface area contributed by atoms with Crippen LogP contribution in [0.4, 0.5) is 0 Å². The monoisotopic (exact) mass is 408 g/mol. The molecule has 3 rings (SSSR count). The molecule has 2 aromatic heterocycles. The number of carbonyl (C=O) groups is 1. The number of fused-ring (bicyclic) bond motifs is 1. The third kappa shape index (κ3) is 3.40. The fraction of sp³-hybridized carbons (Fsp3) is 0.348. The molecule has 2 heterocycles. The second-order valence-corrected chi connectivity index (χ2v) is 7.45. The lowest BCUT2D eigenvalue weighted by molar-refractivity contribution is 0.100. The Morgan fingerprint density at radius 3 is 2.57 bits per heavy atom. The molecule has 0 spiro atoms. The van der Waals surface area contributed by atoms with Crippen molar-refractivity contribution in [3.63, 3.8) is 0 Å². The Bertz CT molecular complexity index is 1260. The number of aromatic hydroxyl groups is 1. The van der Waals surface area contributed by atoms with Crippen molar-refractivity contribution in [2.45, 2.75) is 40.7 Å². The number of aromatic nitrogens is 1. The second kappa shape index (κ2) is 8.17. The molecular weight excluding hydrogens is 384 g/mol. The average Bonchev–Trinajstić information content (AvgIpc) is 3.01. The summed E-state index contributed by atoms with van der Waals surface area (Å²) in [4.78, 5) is 26.1. The molecular formula is C23H24N2O5. The van der Waals surface area contributed by atoms with Crippen LogP contribution in [-0.2, 0) is 11.3 Å². The molecule has 0 radical (unpaired) electrons. The van der Waals surface area contributed by atoms with Gasteiger partial charge in [-0.3, -0.25) is 14.2 Å². The molecule has 0 unspecified atom stereocenters. The summed E-state index contributed by atoms with van der Waals surface area (Å²) in [6.07, 6.45) is 0.438. The number of hydrogen-bond donors (Lipinski definition) is 1. The van der Waals surface area contributed by atoms with Crippen LogP contribution in [0.3, 0.4) is 0 Å². The quantitative estimate of drug-likeness (QED) is 0.493. The predicted molar refractivity (Wildman–Crippen MR) is 112 cm³/mol. The SMILES string of the molecule is COCCCn1c(O)c(C(=O)c2oc3cc(C)cc(C)c3c2C)c(C)c(C#N)c1=O. The molecule has 0 amide bonds. The average molecular weight is 408 g/mol. The summed E-state index contributed by atoms with van der Waals surface area (Å²) in [7, 11) is 1.53. The lowest BCUT2D eigenvalue weighted by Gasteiger charge is -2.15. The van der Waals surface area contributed by atoms with Gasteiger partial charge in [0.15, 0.2) is 5.76 Å². The lowest BCUT2D eigenvalue weighted by Crippen LogP contribution is -2.27. The highest BCUT2D eigenvalue weighted by molar-refractivity contribution is 6.13. The molecule has 0 bridgehead atoms. The predicted octanol–water partition coefficient (Wildman–Crippen LogP) is 3.67. The Balaban J connectivity index is 2.24. The minimum Gasteiger partial charge on any atom is -0.494 e. The first-order valence-corrected chi connectivity index (χ1v) is 9.63. The fourth-order valence-electron chi connectivity index (χ4n) is 3.92. The summed E-state index contributed by atoms with van der Waals surface area (Å²) in [5.41, 5.74) is 2.46. The van der Waals surface area contributed by atoms with Gasteiger partial charge in [0.05, 0.1) is 5.56 Å². The van der Waals surface area contributed by atoms with E-state index in [0.29, 0.717) is 24.2 Å². The maximum Gasteiger partial charge on any atom is 0.271 e. The van der Waals surface area contributed by atoms with Crippen LogP contribution in [0.1, 0.15) is 50.4 Å². The van der Waals surface area contributed by atoms with E-state index in [1.165, 1.54) is 14.0 Å². The lowest BCUT2D eigenvalue weighted by atomic mass is 9.97. The van der Waals surface area contributed by atoms with Crippen LogP contribution in [0.15, 0.2) is 21.3 Å². The third-order valence-electron chi connectivity index (χ3n) is 5.33.